The quantitative estimate of drug-likeness (QED) is 0.473. The third-order valence-corrected chi connectivity index (χ3v) is 4.17. The second-order valence-corrected chi connectivity index (χ2v) is 6.40. The number of aromatic nitrogens is 4. The number of rotatable bonds is 2. The van der Waals surface area contributed by atoms with Crippen molar-refractivity contribution < 1.29 is 27.6 Å². The van der Waals surface area contributed by atoms with Crippen LogP contribution in [-0.4, -0.2) is 26.7 Å². The number of alkyl halides is 3. The van der Waals surface area contributed by atoms with Gasteiger partial charge < -0.3 is 9.90 Å². The minimum Gasteiger partial charge on any atom is -0.542 e. The van der Waals surface area contributed by atoms with Crippen molar-refractivity contribution in [2.75, 3.05) is 0 Å². The van der Waals surface area contributed by atoms with Crippen LogP contribution in [0.25, 0.3) is 22.9 Å². The lowest BCUT2D eigenvalue weighted by Crippen LogP contribution is -2.37. The van der Waals surface area contributed by atoms with Crippen molar-refractivity contribution in [3.05, 3.63) is 78.1 Å². The van der Waals surface area contributed by atoms with Crippen molar-refractivity contribution in [3.8, 4) is 17.1 Å². The zero-order chi connectivity index (χ0) is 21.9. The lowest BCUT2D eigenvalue weighted by Gasteiger charge is -2.05. The molecule has 0 bridgehead atoms. The zero-order valence-electron chi connectivity index (χ0n) is 16.1. The Balaban J connectivity index is 0.000000318. The van der Waals surface area contributed by atoms with Gasteiger partial charge in [-0.2, -0.15) is 17.7 Å². The molecule has 4 aromatic rings. The van der Waals surface area contributed by atoms with Crippen LogP contribution in [0, 0.1) is 13.8 Å². The third kappa shape index (κ3) is 4.45. The van der Waals surface area contributed by atoms with Gasteiger partial charge in [0.05, 0.1) is 5.69 Å². The topological polar surface area (TPSA) is 74.2 Å². The first-order valence-electron chi connectivity index (χ1n) is 8.86. The monoisotopic (exact) mass is 414 g/mol. The highest BCUT2D eigenvalue weighted by atomic mass is 19.4. The fourth-order valence-electron chi connectivity index (χ4n) is 2.88. The van der Waals surface area contributed by atoms with Gasteiger partial charge in [-0.25, -0.2) is 0 Å². The van der Waals surface area contributed by atoms with Gasteiger partial charge in [-0.3, -0.25) is 0 Å². The van der Waals surface area contributed by atoms with Crippen LogP contribution in [0.2, 0.25) is 0 Å². The molecule has 6 nitrogen and oxygen atoms in total. The smallest absolute Gasteiger partial charge is 0.430 e. The number of para-hydroxylation sites is 1. The van der Waals surface area contributed by atoms with Crippen LogP contribution in [-0.2, 0) is 4.79 Å². The number of fused-ring (bicyclic) bond motifs is 1. The molecule has 0 fully saturated rings. The summed E-state index contributed by atoms with van der Waals surface area (Å²) in [5.41, 5.74) is 4.31. The molecule has 0 saturated carbocycles. The van der Waals surface area contributed by atoms with E-state index >= 15 is 0 Å². The Morgan fingerprint density at radius 2 is 1.53 bits per heavy atom. The van der Waals surface area contributed by atoms with Crippen LogP contribution in [0.4, 0.5) is 13.2 Å². The number of carboxylic acids is 1. The van der Waals surface area contributed by atoms with E-state index in [0.717, 1.165) is 34.2 Å². The molecule has 2 aromatic carbocycles. The maximum Gasteiger partial charge on any atom is 0.430 e. The molecule has 2 heterocycles. The first kappa shape index (κ1) is 21.0. The second kappa shape index (κ2) is 8.32. The predicted octanol–water partition coefficient (Wildman–Crippen LogP) is 2.59. The lowest BCUT2D eigenvalue weighted by atomic mass is 10.2. The SMILES string of the molecule is Cc1cc(C)[n+](-c2ccccc2)c2nc(-c3ccccc3)nn12.O=C([O-])C(F)(F)F. The zero-order valence-corrected chi connectivity index (χ0v) is 16.1. The molecule has 0 spiro atoms. The summed E-state index contributed by atoms with van der Waals surface area (Å²) in [4.78, 5) is 13.6. The van der Waals surface area contributed by atoms with Crippen LogP contribution in [0.1, 0.15) is 11.4 Å². The van der Waals surface area contributed by atoms with E-state index < -0.39 is 12.1 Å². The molecule has 0 aliphatic heterocycles. The molecule has 0 aliphatic carbocycles. The summed E-state index contributed by atoms with van der Waals surface area (Å²) in [6.07, 6.45) is -5.19. The molecule has 4 rings (SSSR count). The Morgan fingerprint density at radius 3 is 2.07 bits per heavy atom. The van der Waals surface area contributed by atoms with E-state index in [1.807, 2.05) is 53.0 Å². The second-order valence-electron chi connectivity index (χ2n) is 6.40. The number of benzene rings is 2. The normalized spacial score (nSPS) is 11.1. The van der Waals surface area contributed by atoms with Crippen LogP contribution in [0.3, 0.4) is 0 Å². The minimum absolute atomic E-state index is 0.740. The minimum atomic E-state index is -5.19. The average Bonchev–Trinajstić information content (AvgIpc) is 3.15. The molecule has 2 aromatic heterocycles. The van der Waals surface area contributed by atoms with Gasteiger partial charge in [0.1, 0.15) is 17.4 Å². The largest absolute Gasteiger partial charge is 0.542 e. The molecular formula is C21H17F3N4O2. The summed E-state index contributed by atoms with van der Waals surface area (Å²) in [5, 5.41) is 13.5. The molecule has 0 aliphatic rings. The number of nitrogens with zero attached hydrogens (tertiary/aromatic N) is 4. The van der Waals surface area contributed by atoms with E-state index in [4.69, 9.17) is 20.0 Å². The number of aryl methyl sites for hydroxylation is 2. The molecule has 30 heavy (non-hydrogen) atoms. The number of carbonyl (C=O) groups excluding carboxylic acids is 1. The standard InChI is InChI=1S/C19H17N4.C2HF3O2/c1-14-13-15(2)23-19(22(14)17-11-7-4-8-12-17)20-18(21-23)16-9-5-3-6-10-16;3-2(4,5)1(6)7/h3-13H,1-2H3;(H,6,7)/q+1;/p-1. The Kier molecular flexibility index (Phi) is 5.81. The van der Waals surface area contributed by atoms with Gasteiger partial charge in [0.15, 0.2) is 0 Å². The van der Waals surface area contributed by atoms with Crippen LogP contribution in [0.5, 0.6) is 0 Å². The molecule has 0 N–H and O–H groups in total. The molecule has 0 saturated heterocycles. The van der Waals surface area contributed by atoms with E-state index in [1.54, 1.807) is 0 Å². The van der Waals surface area contributed by atoms with Gasteiger partial charge >= 0.3 is 12.0 Å². The van der Waals surface area contributed by atoms with Crippen molar-refractivity contribution in [2.45, 2.75) is 20.0 Å². The van der Waals surface area contributed by atoms with E-state index in [-0.39, 0.29) is 0 Å². The maximum absolute atomic E-state index is 10.5. The Bertz CT molecular complexity index is 1170. The highest BCUT2D eigenvalue weighted by Crippen LogP contribution is 2.16. The predicted molar refractivity (Wildman–Crippen MR) is 100 cm³/mol. The third-order valence-electron chi connectivity index (χ3n) is 4.17. The maximum atomic E-state index is 10.5. The first-order chi connectivity index (χ1) is 14.2. The average molecular weight is 414 g/mol. The van der Waals surface area contributed by atoms with E-state index in [9.17, 15) is 13.2 Å². The summed E-state index contributed by atoms with van der Waals surface area (Å²) in [5.74, 6) is -1.44. The molecule has 0 radical (unpaired) electrons. The van der Waals surface area contributed by atoms with Crippen LogP contribution in [0.15, 0.2) is 66.7 Å². The number of hydrogen-bond acceptors (Lipinski definition) is 4. The van der Waals surface area contributed by atoms with Crippen molar-refractivity contribution in [2.24, 2.45) is 0 Å². The highest BCUT2D eigenvalue weighted by molar-refractivity contribution is 5.70. The summed E-state index contributed by atoms with van der Waals surface area (Å²) >= 11 is 0. The molecule has 154 valence electrons. The highest BCUT2D eigenvalue weighted by Gasteiger charge is 2.28. The Labute approximate surface area is 169 Å². The van der Waals surface area contributed by atoms with Crippen molar-refractivity contribution >= 4 is 11.7 Å². The van der Waals surface area contributed by atoms with E-state index in [2.05, 4.69) is 36.6 Å². The molecule has 0 amide bonds. The van der Waals surface area contributed by atoms with Crippen molar-refractivity contribution in [3.63, 3.8) is 0 Å². The van der Waals surface area contributed by atoms with Gasteiger partial charge in [-0.15, -0.1) is 4.52 Å². The molecule has 0 atom stereocenters. The van der Waals surface area contributed by atoms with Gasteiger partial charge in [0.25, 0.3) is 5.82 Å². The van der Waals surface area contributed by atoms with E-state index in [0.29, 0.717) is 0 Å². The fraction of sp³-hybridized carbons (Fsp3) is 0.143. The van der Waals surface area contributed by atoms with Gasteiger partial charge in [-0.1, -0.05) is 41.5 Å². The number of aliphatic carboxylic acids is 1. The number of carboxylic acid groups (broad SMARTS) is 1. The fourth-order valence-corrected chi connectivity index (χ4v) is 2.88. The van der Waals surface area contributed by atoms with Gasteiger partial charge in [0, 0.05) is 11.6 Å². The summed E-state index contributed by atoms with van der Waals surface area (Å²) in [6.45, 7) is 4.15. The van der Waals surface area contributed by atoms with Gasteiger partial charge in [-0.05, 0) is 43.1 Å². The Hall–Kier alpha value is -3.75. The van der Waals surface area contributed by atoms with E-state index in [1.165, 1.54) is 0 Å². The number of carbonyl (C=O) groups is 1. The first-order valence-corrected chi connectivity index (χ1v) is 8.86. The molecule has 0 unspecified atom stereocenters. The van der Waals surface area contributed by atoms with Crippen LogP contribution < -0.4 is 9.67 Å². The van der Waals surface area contributed by atoms with Gasteiger partial charge in [0.2, 0.25) is 0 Å². The summed E-state index contributed by atoms with van der Waals surface area (Å²) < 4.78 is 35.6. The van der Waals surface area contributed by atoms with Crippen molar-refractivity contribution in [1.82, 2.24) is 14.6 Å². The molecular weight excluding hydrogens is 397 g/mol. The van der Waals surface area contributed by atoms with Crippen molar-refractivity contribution in [1.29, 1.82) is 0 Å². The lowest BCUT2D eigenvalue weighted by molar-refractivity contribution is -0.580. The summed E-state index contributed by atoms with van der Waals surface area (Å²) in [6, 6.07) is 22.5. The number of halogens is 3. The Morgan fingerprint density at radius 1 is 1.00 bits per heavy atom. The van der Waals surface area contributed by atoms with Crippen LogP contribution >= 0.6 is 0 Å². The number of hydrogen-bond donors (Lipinski definition) is 0. The molecule has 9 heteroatoms. The summed E-state index contributed by atoms with van der Waals surface area (Å²) in [7, 11) is 0.